The lowest BCUT2D eigenvalue weighted by molar-refractivity contribution is -0.142. The van der Waals surface area contributed by atoms with Crippen LogP contribution >= 0.6 is 0 Å². The van der Waals surface area contributed by atoms with Crippen LogP contribution in [0.1, 0.15) is 40.5 Å². The highest BCUT2D eigenvalue weighted by Gasteiger charge is 2.34. The first-order valence-electron chi connectivity index (χ1n) is 8.50. The molecule has 4 nitrogen and oxygen atoms in total. The van der Waals surface area contributed by atoms with Gasteiger partial charge in [0, 0.05) is 30.7 Å². The van der Waals surface area contributed by atoms with Gasteiger partial charge in [0.2, 0.25) is 11.8 Å². The number of anilines is 1. The fourth-order valence-electron chi connectivity index (χ4n) is 3.13. The fourth-order valence-corrected chi connectivity index (χ4v) is 3.13. The molecule has 1 aliphatic heterocycles. The van der Waals surface area contributed by atoms with Crippen molar-refractivity contribution in [2.24, 2.45) is 11.3 Å². The number of piperidine rings is 1. The van der Waals surface area contributed by atoms with Crippen molar-refractivity contribution < 1.29 is 9.59 Å². The summed E-state index contributed by atoms with van der Waals surface area (Å²) >= 11 is 0. The summed E-state index contributed by atoms with van der Waals surface area (Å²) in [5.41, 5.74) is 0.536. The molecular formula is C19H28N2O2. The summed E-state index contributed by atoms with van der Waals surface area (Å²) in [6, 6.07) is 9.76. The number of amides is 2. The number of hydrogen-bond donors (Lipinski definition) is 0. The molecule has 0 N–H and O–H groups in total. The van der Waals surface area contributed by atoms with Crippen LogP contribution in [-0.4, -0.2) is 36.3 Å². The standard InChI is InChI=1S/C19H28N2O2/c1-5-21(16-11-7-6-8-12-16)17(22)15-10-9-13-20(14-15)18(23)19(2,3)4/h6-8,11-12,15H,5,9-10,13-14H2,1-4H3. The zero-order chi connectivity index (χ0) is 17.0. The number of nitrogens with zero attached hydrogens (tertiary/aromatic N) is 2. The van der Waals surface area contributed by atoms with E-state index in [9.17, 15) is 9.59 Å². The minimum atomic E-state index is -0.394. The van der Waals surface area contributed by atoms with E-state index in [2.05, 4.69) is 0 Å². The second kappa shape index (κ2) is 7.16. The summed E-state index contributed by atoms with van der Waals surface area (Å²) in [7, 11) is 0. The average molecular weight is 316 g/mol. The van der Waals surface area contributed by atoms with E-state index in [1.54, 1.807) is 0 Å². The molecule has 0 aromatic heterocycles. The molecule has 0 radical (unpaired) electrons. The molecule has 1 aromatic rings. The molecular weight excluding hydrogens is 288 g/mol. The van der Waals surface area contributed by atoms with E-state index >= 15 is 0 Å². The number of carbonyl (C=O) groups is 2. The number of carbonyl (C=O) groups excluding carboxylic acids is 2. The molecule has 1 aliphatic rings. The molecule has 126 valence electrons. The lowest BCUT2D eigenvalue weighted by Gasteiger charge is -2.37. The molecule has 1 heterocycles. The molecule has 2 rings (SSSR count). The van der Waals surface area contributed by atoms with Gasteiger partial charge in [-0.25, -0.2) is 0 Å². The summed E-state index contributed by atoms with van der Waals surface area (Å²) in [5, 5.41) is 0. The predicted octanol–water partition coefficient (Wildman–Crippen LogP) is 3.32. The lowest BCUT2D eigenvalue weighted by atomic mass is 9.90. The van der Waals surface area contributed by atoms with Gasteiger partial charge in [0.05, 0.1) is 5.92 Å². The lowest BCUT2D eigenvalue weighted by Crippen LogP contribution is -2.49. The fraction of sp³-hybridized carbons (Fsp3) is 0.579. The van der Waals surface area contributed by atoms with E-state index in [-0.39, 0.29) is 17.7 Å². The number of para-hydroxylation sites is 1. The van der Waals surface area contributed by atoms with Gasteiger partial charge in [-0.3, -0.25) is 9.59 Å². The van der Waals surface area contributed by atoms with E-state index in [4.69, 9.17) is 0 Å². The zero-order valence-corrected chi connectivity index (χ0v) is 14.7. The normalized spacial score (nSPS) is 18.6. The molecule has 23 heavy (non-hydrogen) atoms. The smallest absolute Gasteiger partial charge is 0.231 e. The van der Waals surface area contributed by atoms with Gasteiger partial charge in [0.1, 0.15) is 0 Å². The van der Waals surface area contributed by atoms with Gasteiger partial charge in [-0.1, -0.05) is 39.0 Å². The van der Waals surface area contributed by atoms with Crippen LogP contribution in [0.25, 0.3) is 0 Å². The number of likely N-dealkylation sites (tertiary alicyclic amines) is 1. The Kier molecular flexibility index (Phi) is 5.45. The van der Waals surface area contributed by atoms with Crippen LogP contribution in [0.4, 0.5) is 5.69 Å². The van der Waals surface area contributed by atoms with Crippen LogP contribution in [0.15, 0.2) is 30.3 Å². The average Bonchev–Trinajstić information content (AvgIpc) is 2.55. The third-order valence-electron chi connectivity index (χ3n) is 4.35. The van der Waals surface area contributed by atoms with E-state index in [1.807, 2.05) is 67.8 Å². The van der Waals surface area contributed by atoms with Crippen molar-refractivity contribution in [3.63, 3.8) is 0 Å². The Morgan fingerprint density at radius 2 is 1.87 bits per heavy atom. The van der Waals surface area contributed by atoms with Gasteiger partial charge in [-0.15, -0.1) is 0 Å². The van der Waals surface area contributed by atoms with Crippen molar-refractivity contribution in [1.29, 1.82) is 0 Å². The van der Waals surface area contributed by atoms with Crippen LogP contribution < -0.4 is 4.90 Å². The molecule has 1 saturated heterocycles. The van der Waals surface area contributed by atoms with Crippen LogP contribution in [0.3, 0.4) is 0 Å². The highest BCUT2D eigenvalue weighted by molar-refractivity contribution is 5.95. The summed E-state index contributed by atoms with van der Waals surface area (Å²) in [5.74, 6) is 0.165. The Bertz CT molecular complexity index is 548. The molecule has 1 fully saturated rings. The molecule has 4 heteroatoms. The molecule has 2 amide bonds. The van der Waals surface area contributed by atoms with Gasteiger partial charge in [-0.05, 0) is 31.9 Å². The summed E-state index contributed by atoms with van der Waals surface area (Å²) in [6.07, 6.45) is 1.75. The Balaban J connectivity index is 2.11. The van der Waals surface area contributed by atoms with Gasteiger partial charge < -0.3 is 9.80 Å². The molecule has 0 aliphatic carbocycles. The van der Waals surface area contributed by atoms with Gasteiger partial charge in [0.25, 0.3) is 0 Å². The van der Waals surface area contributed by atoms with Crippen LogP contribution in [-0.2, 0) is 9.59 Å². The topological polar surface area (TPSA) is 40.6 Å². The maximum Gasteiger partial charge on any atom is 0.231 e. The minimum Gasteiger partial charge on any atom is -0.341 e. The first-order valence-corrected chi connectivity index (χ1v) is 8.50. The summed E-state index contributed by atoms with van der Waals surface area (Å²) < 4.78 is 0. The summed E-state index contributed by atoms with van der Waals surface area (Å²) in [4.78, 5) is 29.1. The quantitative estimate of drug-likeness (QED) is 0.858. The predicted molar refractivity (Wildman–Crippen MR) is 93.2 cm³/mol. The van der Waals surface area contributed by atoms with Gasteiger partial charge in [0.15, 0.2) is 0 Å². The molecule has 1 aromatic carbocycles. The van der Waals surface area contributed by atoms with E-state index < -0.39 is 5.41 Å². The van der Waals surface area contributed by atoms with Crippen molar-refractivity contribution >= 4 is 17.5 Å². The van der Waals surface area contributed by atoms with Crippen molar-refractivity contribution in [1.82, 2.24) is 4.90 Å². The van der Waals surface area contributed by atoms with E-state index in [0.717, 1.165) is 25.1 Å². The zero-order valence-electron chi connectivity index (χ0n) is 14.7. The van der Waals surface area contributed by atoms with E-state index in [0.29, 0.717) is 13.1 Å². The van der Waals surface area contributed by atoms with E-state index in [1.165, 1.54) is 0 Å². The van der Waals surface area contributed by atoms with Gasteiger partial charge >= 0.3 is 0 Å². The van der Waals surface area contributed by atoms with Crippen LogP contribution in [0.2, 0.25) is 0 Å². The molecule has 0 bridgehead atoms. The minimum absolute atomic E-state index is 0.102. The van der Waals surface area contributed by atoms with Crippen LogP contribution in [0, 0.1) is 11.3 Å². The van der Waals surface area contributed by atoms with Crippen molar-refractivity contribution in [2.75, 3.05) is 24.5 Å². The largest absolute Gasteiger partial charge is 0.341 e. The van der Waals surface area contributed by atoms with Crippen molar-refractivity contribution in [3.8, 4) is 0 Å². The van der Waals surface area contributed by atoms with Crippen molar-refractivity contribution in [2.45, 2.75) is 40.5 Å². The maximum absolute atomic E-state index is 12.9. The first-order chi connectivity index (χ1) is 10.8. The highest BCUT2D eigenvalue weighted by atomic mass is 16.2. The first kappa shape index (κ1) is 17.5. The van der Waals surface area contributed by atoms with Crippen LogP contribution in [0.5, 0.6) is 0 Å². The third kappa shape index (κ3) is 4.12. The molecule has 0 spiro atoms. The third-order valence-corrected chi connectivity index (χ3v) is 4.35. The monoisotopic (exact) mass is 316 g/mol. The second-order valence-corrected chi connectivity index (χ2v) is 7.26. The second-order valence-electron chi connectivity index (χ2n) is 7.26. The SMILES string of the molecule is CCN(C(=O)C1CCCN(C(=O)C(C)(C)C)C1)c1ccccc1. The van der Waals surface area contributed by atoms with Crippen molar-refractivity contribution in [3.05, 3.63) is 30.3 Å². The van der Waals surface area contributed by atoms with Gasteiger partial charge in [-0.2, -0.15) is 0 Å². The Morgan fingerprint density at radius 3 is 2.43 bits per heavy atom. The Morgan fingerprint density at radius 1 is 1.22 bits per heavy atom. The molecule has 0 saturated carbocycles. The Labute approximate surface area is 139 Å². The molecule has 1 unspecified atom stereocenters. The molecule has 1 atom stereocenters. The Hall–Kier alpha value is -1.84. The highest BCUT2D eigenvalue weighted by Crippen LogP contribution is 2.26. The number of benzene rings is 1. The number of hydrogen-bond acceptors (Lipinski definition) is 2. The summed E-state index contributed by atoms with van der Waals surface area (Å²) in [6.45, 7) is 9.74. The number of rotatable bonds is 3. The maximum atomic E-state index is 12.9.